The van der Waals surface area contributed by atoms with Gasteiger partial charge >= 0.3 is 5.97 Å². The van der Waals surface area contributed by atoms with Crippen LogP contribution < -0.4 is 4.74 Å². The van der Waals surface area contributed by atoms with Crippen molar-refractivity contribution in [3.05, 3.63) is 28.8 Å². The van der Waals surface area contributed by atoms with Crippen LogP contribution in [0.25, 0.3) is 0 Å². The molecule has 1 fully saturated rings. The molecule has 4 heteroatoms. The molecular formula is C14H17ClO3. The second-order valence-electron chi connectivity index (χ2n) is 4.79. The van der Waals surface area contributed by atoms with Gasteiger partial charge in [0.15, 0.2) is 0 Å². The molecule has 0 aliphatic heterocycles. The summed E-state index contributed by atoms with van der Waals surface area (Å²) >= 11 is 6.20. The zero-order valence-electron chi connectivity index (χ0n) is 10.4. The smallest absolute Gasteiger partial charge is 0.314 e. The number of hydrogen-bond acceptors (Lipinski definition) is 2. The van der Waals surface area contributed by atoms with Crippen molar-refractivity contribution >= 4 is 17.6 Å². The second-order valence-corrected chi connectivity index (χ2v) is 5.20. The van der Waals surface area contributed by atoms with Crippen LogP contribution in [0.4, 0.5) is 0 Å². The zero-order chi connectivity index (χ0) is 13.2. The number of carbonyl (C=O) groups is 1. The predicted molar refractivity (Wildman–Crippen MR) is 70.4 cm³/mol. The van der Waals surface area contributed by atoms with Crippen molar-refractivity contribution in [2.75, 3.05) is 7.11 Å². The molecule has 0 unspecified atom stereocenters. The van der Waals surface area contributed by atoms with Gasteiger partial charge in [0.05, 0.1) is 12.5 Å². The van der Waals surface area contributed by atoms with Gasteiger partial charge < -0.3 is 9.84 Å². The number of methoxy groups -OCH3 is 1. The van der Waals surface area contributed by atoms with Crippen molar-refractivity contribution < 1.29 is 14.6 Å². The molecule has 0 amide bonds. The fraction of sp³-hybridized carbons (Fsp3) is 0.500. The van der Waals surface area contributed by atoms with E-state index in [-0.39, 0.29) is 0 Å². The SMILES string of the molecule is COc1ccc(Cl)c(C2(C(=O)O)CCCCC2)c1. The molecule has 1 aliphatic rings. The Morgan fingerprint density at radius 3 is 2.56 bits per heavy atom. The van der Waals surface area contributed by atoms with Gasteiger partial charge in [-0.1, -0.05) is 30.9 Å². The topological polar surface area (TPSA) is 46.5 Å². The van der Waals surface area contributed by atoms with Crippen LogP contribution in [-0.2, 0) is 10.2 Å². The van der Waals surface area contributed by atoms with Crippen molar-refractivity contribution in [3.8, 4) is 5.75 Å². The average Bonchev–Trinajstić information content (AvgIpc) is 2.40. The second kappa shape index (κ2) is 5.19. The molecule has 1 aliphatic carbocycles. The molecule has 98 valence electrons. The van der Waals surface area contributed by atoms with Crippen LogP contribution in [0.15, 0.2) is 18.2 Å². The Kier molecular flexibility index (Phi) is 3.81. The average molecular weight is 269 g/mol. The zero-order valence-corrected chi connectivity index (χ0v) is 11.2. The maximum atomic E-state index is 11.7. The van der Waals surface area contributed by atoms with Gasteiger partial charge in [0.25, 0.3) is 0 Å². The van der Waals surface area contributed by atoms with E-state index in [0.717, 1.165) is 19.3 Å². The Bertz CT molecular complexity index is 450. The Morgan fingerprint density at radius 2 is 2.00 bits per heavy atom. The third kappa shape index (κ3) is 2.19. The van der Waals surface area contributed by atoms with Crippen molar-refractivity contribution in [1.29, 1.82) is 0 Å². The quantitative estimate of drug-likeness (QED) is 0.910. The summed E-state index contributed by atoms with van der Waals surface area (Å²) in [5.74, 6) is -0.127. The third-order valence-corrected chi connectivity index (χ3v) is 4.14. The lowest BCUT2D eigenvalue weighted by Crippen LogP contribution is -2.38. The van der Waals surface area contributed by atoms with E-state index in [9.17, 15) is 9.90 Å². The number of ether oxygens (including phenoxy) is 1. The van der Waals surface area contributed by atoms with E-state index in [1.807, 2.05) is 0 Å². The number of hydrogen-bond donors (Lipinski definition) is 1. The van der Waals surface area contributed by atoms with Crippen LogP contribution in [0.3, 0.4) is 0 Å². The van der Waals surface area contributed by atoms with Crippen molar-refractivity contribution in [3.63, 3.8) is 0 Å². The number of aliphatic carboxylic acids is 1. The van der Waals surface area contributed by atoms with Gasteiger partial charge in [-0.05, 0) is 36.6 Å². The number of halogens is 1. The summed E-state index contributed by atoms with van der Waals surface area (Å²) in [6, 6.07) is 5.24. The van der Waals surface area contributed by atoms with Crippen molar-refractivity contribution in [2.24, 2.45) is 0 Å². The van der Waals surface area contributed by atoms with Gasteiger partial charge in [-0.15, -0.1) is 0 Å². The van der Waals surface area contributed by atoms with Crippen molar-refractivity contribution in [1.82, 2.24) is 0 Å². The molecule has 0 radical (unpaired) electrons. The van der Waals surface area contributed by atoms with Gasteiger partial charge in [-0.25, -0.2) is 0 Å². The fourth-order valence-electron chi connectivity index (χ4n) is 2.75. The Hall–Kier alpha value is -1.22. The highest BCUT2D eigenvalue weighted by Crippen LogP contribution is 2.43. The predicted octanol–water partition coefficient (Wildman–Crippen LogP) is 3.64. The molecule has 1 saturated carbocycles. The number of rotatable bonds is 3. The van der Waals surface area contributed by atoms with Crippen LogP contribution >= 0.6 is 11.6 Å². The summed E-state index contributed by atoms with van der Waals surface area (Å²) in [6.07, 6.45) is 4.25. The van der Waals surface area contributed by atoms with E-state index in [1.165, 1.54) is 0 Å². The molecule has 0 aromatic heterocycles. The van der Waals surface area contributed by atoms with Gasteiger partial charge in [-0.3, -0.25) is 4.79 Å². The molecule has 1 N–H and O–H groups in total. The maximum Gasteiger partial charge on any atom is 0.314 e. The van der Waals surface area contributed by atoms with Gasteiger partial charge in [0, 0.05) is 5.02 Å². The maximum absolute atomic E-state index is 11.7. The lowest BCUT2D eigenvalue weighted by Gasteiger charge is -2.34. The monoisotopic (exact) mass is 268 g/mol. The lowest BCUT2D eigenvalue weighted by molar-refractivity contribution is -0.145. The molecule has 1 aromatic rings. The van der Waals surface area contributed by atoms with Crippen LogP contribution in [0.1, 0.15) is 37.7 Å². The molecule has 2 rings (SSSR count). The molecule has 18 heavy (non-hydrogen) atoms. The minimum atomic E-state index is -0.843. The van der Waals surface area contributed by atoms with E-state index < -0.39 is 11.4 Å². The molecule has 0 atom stereocenters. The first kappa shape index (κ1) is 13.2. The molecular weight excluding hydrogens is 252 g/mol. The standard InChI is InChI=1S/C14H17ClO3/c1-18-10-5-6-12(15)11(9-10)14(13(16)17)7-3-2-4-8-14/h5-6,9H,2-4,7-8H2,1H3,(H,16,17). The van der Waals surface area contributed by atoms with Gasteiger partial charge in [0.1, 0.15) is 5.75 Å². The summed E-state index contributed by atoms with van der Waals surface area (Å²) < 4.78 is 5.17. The summed E-state index contributed by atoms with van der Waals surface area (Å²) in [5.41, 5.74) is -0.153. The molecule has 1 aromatic carbocycles. The number of carboxylic acids is 1. The Balaban J connectivity index is 2.51. The highest BCUT2D eigenvalue weighted by Gasteiger charge is 2.42. The first-order valence-electron chi connectivity index (χ1n) is 6.17. The van der Waals surface area contributed by atoms with Gasteiger partial charge in [0.2, 0.25) is 0 Å². The lowest BCUT2D eigenvalue weighted by atomic mass is 9.69. The molecule has 0 saturated heterocycles. The van der Waals surface area contributed by atoms with E-state index in [0.29, 0.717) is 29.2 Å². The van der Waals surface area contributed by atoms with Crippen LogP contribution in [-0.4, -0.2) is 18.2 Å². The molecule has 0 spiro atoms. The van der Waals surface area contributed by atoms with E-state index in [1.54, 1.807) is 25.3 Å². The minimum Gasteiger partial charge on any atom is -0.497 e. The highest BCUT2D eigenvalue weighted by atomic mass is 35.5. The summed E-state index contributed by atoms with van der Waals surface area (Å²) in [5, 5.41) is 10.1. The van der Waals surface area contributed by atoms with E-state index in [4.69, 9.17) is 16.3 Å². The van der Waals surface area contributed by atoms with Crippen LogP contribution in [0, 0.1) is 0 Å². The largest absolute Gasteiger partial charge is 0.497 e. The highest BCUT2D eigenvalue weighted by molar-refractivity contribution is 6.31. The third-order valence-electron chi connectivity index (χ3n) is 3.81. The van der Waals surface area contributed by atoms with Crippen LogP contribution in [0.2, 0.25) is 5.02 Å². The fourth-order valence-corrected chi connectivity index (χ4v) is 3.05. The van der Waals surface area contributed by atoms with E-state index >= 15 is 0 Å². The Morgan fingerprint density at radius 1 is 1.33 bits per heavy atom. The number of benzene rings is 1. The first-order chi connectivity index (χ1) is 8.60. The molecule has 3 nitrogen and oxygen atoms in total. The summed E-state index contributed by atoms with van der Waals surface area (Å²) in [7, 11) is 1.57. The summed E-state index contributed by atoms with van der Waals surface area (Å²) in [6.45, 7) is 0. The first-order valence-corrected chi connectivity index (χ1v) is 6.55. The summed E-state index contributed by atoms with van der Waals surface area (Å²) in [4.78, 5) is 11.7. The van der Waals surface area contributed by atoms with E-state index in [2.05, 4.69) is 0 Å². The number of carboxylic acid groups (broad SMARTS) is 1. The Labute approximate surface area is 112 Å². The van der Waals surface area contributed by atoms with Crippen LogP contribution in [0.5, 0.6) is 5.75 Å². The minimum absolute atomic E-state index is 0.514. The molecule has 0 bridgehead atoms. The molecule has 0 heterocycles. The van der Waals surface area contributed by atoms with Gasteiger partial charge in [-0.2, -0.15) is 0 Å². The van der Waals surface area contributed by atoms with Crippen molar-refractivity contribution in [2.45, 2.75) is 37.5 Å². The normalized spacial score (nSPS) is 18.3.